The van der Waals surface area contributed by atoms with Gasteiger partial charge in [-0.25, -0.2) is 0 Å². The highest BCUT2D eigenvalue weighted by Gasteiger charge is 2.08. The molecule has 0 unspecified atom stereocenters. The number of aliphatic hydroxyl groups is 2. The van der Waals surface area contributed by atoms with E-state index in [1.807, 2.05) is 0 Å². The molecule has 1 aromatic heterocycles. The Kier molecular flexibility index (Phi) is 3.16. The van der Waals surface area contributed by atoms with Gasteiger partial charge in [0.25, 0.3) is 0 Å². The summed E-state index contributed by atoms with van der Waals surface area (Å²) >= 11 is 0. The summed E-state index contributed by atoms with van der Waals surface area (Å²) in [5.41, 5.74) is 6.99. The van der Waals surface area contributed by atoms with E-state index in [1.54, 1.807) is 18.5 Å². The highest BCUT2D eigenvalue weighted by atomic mass is 16.3. The number of nitrogens with zero attached hydrogens (tertiary/aromatic N) is 1. The maximum Gasteiger partial charge on any atom is 0.0700 e. The fourth-order valence-corrected chi connectivity index (χ4v) is 1.03. The van der Waals surface area contributed by atoms with Crippen molar-refractivity contribution in [3.63, 3.8) is 0 Å². The van der Waals surface area contributed by atoms with Gasteiger partial charge in [-0.2, -0.15) is 0 Å². The Morgan fingerprint density at radius 3 is 2.83 bits per heavy atom. The van der Waals surface area contributed by atoms with Crippen LogP contribution in [0.15, 0.2) is 18.5 Å². The van der Waals surface area contributed by atoms with E-state index in [0.717, 1.165) is 5.56 Å². The molecule has 4 N–H and O–H groups in total. The molecular formula is C8H12N2O2. The zero-order chi connectivity index (χ0) is 8.97. The molecule has 1 aromatic rings. The van der Waals surface area contributed by atoms with Gasteiger partial charge in [0.15, 0.2) is 0 Å². The van der Waals surface area contributed by atoms with Gasteiger partial charge in [-0.3, -0.25) is 4.98 Å². The minimum Gasteiger partial charge on any atom is -0.394 e. The summed E-state index contributed by atoms with van der Waals surface area (Å²) in [6, 6.07) is 1.27. The monoisotopic (exact) mass is 168 g/mol. The lowest BCUT2D eigenvalue weighted by atomic mass is 10.0. The Labute approximate surface area is 70.7 Å². The van der Waals surface area contributed by atoms with Gasteiger partial charge in [0, 0.05) is 18.0 Å². The van der Waals surface area contributed by atoms with Crippen LogP contribution in [0.2, 0.25) is 0 Å². The van der Waals surface area contributed by atoms with Crippen molar-refractivity contribution in [3.8, 4) is 0 Å². The van der Waals surface area contributed by atoms with Crippen LogP contribution >= 0.6 is 0 Å². The van der Waals surface area contributed by atoms with Crippen LogP contribution in [-0.2, 0) is 6.61 Å². The van der Waals surface area contributed by atoms with E-state index in [1.165, 1.54) is 0 Å². The molecule has 1 heterocycles. The second-order valence-electron chi connectivity index (χ2n) is 2.52. The Hall–Kier alpha value is -0.970. The van der Waals surface area contributed by atoms with Crippen molar-refractivity contribution in [1.82, 2.24) is 4.98 Å². The second kappa shape index (κ2) is 4.15. The Morgan fingerprint density at radius 1 is 1.50 bits per heavy atom. The number of hydrogen-bond acceptors (Lipinski definition) is 4. The minimum absolute atomic E-state index is 0.100. The van der Waals surface area contributed by atoms with E-state index in [2.05, 4.69) is 4.98 Å². The lowest BCUT2D eigenvalue weighted by Gasteiger charge is -2.11. The molecule has 0 saturated heterocycles. The Balaban J connectivity index is 2.96. The molecule has 0 bridgehead atoms. The van der Waals surface area contributed by atoms with E-state index in [0.29, 0.717) is 5.56 Å². The first-order valence-corrected chi connectivity index (χ1v) is 3.69. The average molecular weight is 168 g/mol. The molecule has 0 saturated carbocycles. The van der Waals surface area contributed by atoms with E-state index >= 15 is 0 Å². The summed E-state index contributed by atoms with van der Waals surface area (Å²) in [5.74, 6) is 0. The third-order valence-corrected chi connectivity index (χ3v) is 1.71. The van der Waals surface area contributed by atoms with Gasteiger partial charge in [0.2, 0.25) is 0 Å². The van der Waals surface area contributed by atoms with Gasteiger partial charge in [-0.15, -0.1) is 0 Å². The minimum atomic E-state index is -0.435. The second-order valence-corrected chi connectivity index (χ2v) is 2.52. The molecule has 1 atom stereocenters. The number of aliphatic hydroxyl groups excluding tert-OH is 2. The van der Waals surface area contributed by atoms with Gasteiger partial charge in [0.05, 0.1) is 19.3 Å². The SMILES string of the molecule is N[C@@H](CO)c1ccncc1CO. The largest absolute Gasteiger partial charge is 0.394 e. The Bertz CT molecular complexity index is 253. The van der Waals surface area contributed by atoms with Crippen LogP contribution < -0.4 is 5.73 Å². The lowest BCUT2D eigenvalue weighted by Crippen LogP contribution is -2.16. The fraction of sp³-hybridized carbons (Fsp3) is 0.375. The summed E-state index contributed by atoms with van der Waals surface area (Å²) in [4.78, 5) is 3.84. The molecule has 4 heteroatoms. The highest BCUT2D eigenvalue weighted by molar-refractivity contribution is 5.25. The van der Waals surface area contributed by atoms with Gasteiger partial charge in [-0.1, -0.05) is 0 Å². The van der Waals surface area contributed by atoms with Crippen molar-refractivity contribution >= 4 is 0 Å². The van der Waals surface area contributed by atoms with Gasteiger partial charge < -0.3 is 15.9 Å². The maximum atomic E-state index is 8.89. The summed E-state index contributed by atoms with van der Waals surface area (Å²) in [5, 5.41) is 17.7. The van der Waals surface area contributed by atoms with Crippen LogP contribution in [0.25, 0.3) is 0 Å². The molecule has 1 rings (SSSR count). The molecule has 12 heavy (non-hydrogen) atoms. The molecule has 0 radical (unpaired) electrons. The van der Waals surface area contributed by atoms with Gasteiger partial charge in [-0.05, 0) is 11.6 Å². The topological polar surface area (TPSA) is 79.4 Å². The highest BCUT2D eigenvalue weighted by Crippen LogP contribution is 2.13. The molecule has 4 nitrogen and oxygen atoms in total. The molecule has 66 valence electrons. The zero-order valence-corrected chi connectivity index (χ0v) is 6.64. The first-order chi connectivity index (χ1) is 5.79. The average Bonchev–Trinajstić information content (AvgIpc) is 2.16. The summed E-state index contributed by atoms with van der Waals surface area (Å²) < 4.78 is 0. The lowest BCUT2D eigenvalue weighted by molar-refractivity contribution is 0.258. The van der Waals surface area contributed by atoms with E-state index < -0.39 is 6.04 Å². The van der Waals surface area contributed by atoms with Crippen molar-refractivity contribution in [2.75, 3.05) is 6.61 Å². The summed E-state index contributed by atoms with van der Waals surface area (Å²) in [6.45, 7) is -0.228. The van der Waals surface area contributed by atoms with E-state index in [4.69, 9.17) is 15.9 Å². The molecule has 0 spiro atoms. The first kappa shape index (κ1) is 9.12. The van der Waals surface area contributed by atoms with Crippen molar-refractivity contribution in [2.45, 2.75) is 12.6 Å². The van der Waals surface area contributed by atoms with Gasteiger partial charge >= 0.3 is 0 Å². The van der Waals surface area contributed by atoms with Crippen LogP contribution in [0.1, 0.15) is 17.2 Å². The summed E-state index contributed by atoms with van der Waals surface area (Å²) in [7, 11) is 0. The van der Waals surface area contributed by atoms with Crippen molar-refractivity contribution in [3.05, 3.63) is 29.6 Å². The van der Waals surface area contributed by atoms with Crippen LogP contribution in [0.3, 0.4) is 0 Å². The van der Waals surface area contributed by atoms with Crippen LogP contribution in [0.4, 0.5) is 0 Å². The number of aromatic nitrogens is 1. The molecule has 0 aromatic carbocycles. The smallest absolute Gasteiger partial charge is 0.0700 e. The maximum absolute atomic E-state index is 8.89. The molecule has 0 aliphatic carbocycles. The number of pyridine rings is 1. The van der Waals surface area contributed by atoms with E-state index in [-0.39, 0.29) is 13.2 Å². The van der Waals surface area contributed by atoms with Crippen molar-refractivity contribution < 1.29 is 10.2 Å². The molecule has 0 aliphatic rings. The van der Waals surface area contributed by atoms with Crippen molar-refractivity contribution in [2.24, 2.45) is 5.73 Å². The quantitative estimate of drug-likeness (QED) is 0.572. The predicted octanol–water partition coefficient (Wildman–Crippen LogP) is -0.434. The molecule has 0 amide bonds. The molecular weight excluding hydrogens is 156 g/mol. The van der Waals surface area contributed by atoms with Crippen LogP contribution in [-0.4, -0.2) is 21.8 Å². The van der Waals surface area contributed by atoms with Crippen LogP contribution in [0, 0.1) is 0 Å². The van der Waals surface area contributed by atoms with Crippen molar-refractivity contribution in [1.29, 1.82) is 0 Å². The summed E-state index contributed by atoms with van der Waals surface area (Å²) in [6.07, 6.45) is 3.13. The Morgan fingerprint density at radius 2 is 2.25 bits per heavy atom. The zero-order valence-electron chi connectivity index (χ0n) is 6.64. The van der Waals surface area contributed by atoms with Crippen LogP contribution in [0.5, 0.6) is 0 Å². The van der Waals surface area contributed by atoms with E-state index in [9.17, 15) is 0 Å². The molecule has 0 aliphatic heterocycles. The fourth-order valence-electron chi connectivity index (χ4n) is 1.03. The number of hydrogen-bond donors (Lipinski definition) is 3. The number of nitrogens with two attached hydrogens (primary N) is 1. The third kappa shape index (κ3) is 1.79. The number of rotatable bonds is 3. The normalized spacial score (nSPS) is 12.9. The predicted molar refractivity (Wildman–Crippen MR) is 44.2 cm³/mol. The first-order valence-electron chi connectivity index (χ1n) is 3.69. The van der Waals surface area contributed by atoms with Gasteiger partial charge in [0.1, 0.15) is 0 Å². The third-order valence-electron chi connectivity index (χ3n) is 1.71. The molecule has 0 fully saturated rings. The standard InChI is InChI=1S/C8H12N2O2/c9-8(5-12)7-1-2-10-3-6(7)4-11/h1-3,8,11-12H,4-5,9H2/t8-/m0/s1.